The summed E-state index contributed by atoms with van der Waals surface area (Å²) in [7, 11) is 0. The average Bonchev–Trinajstić information content (AvgIpc) is 3.07. The first kappa shape index (κ1) is 20.4. The van der Waals surface area contributed by atoms with Crippen molar-refractivity contribution in [1.29, 1.82) is 0 Å². The van der Waals surface area contributed by atoms with Gasteiger partial charge < -0.3 is 19.5 Å². The van der Waals surface area contributed by atoms with E-state index in [-0.39, 0.29) is 5.91 Å². The summed E-state index contributed by atoms with van der Waals surface area (Å²) in [6, 6.07) is 7.95. The van der Waals surface area contributed by atoms with Crippen LogP contribution in [0.15, 0.2) is 28.8 Å². The average molecular weight is 386 g/mol. The molecule has 0 bridgehead atoms. The highest BCUT2D eigenvalue weighted by Crippen LogP contribution is 2.16. The van der Waals surface area contributed by atoms with E-state index in [1.165, 1.54) is 11.1 Å². The van der Waals surface area contributed by atoms with Crippen LogP contribution in [0.4, 0.5) is 5.82 Å². The first-order chi connectivity index (χ1) is 13.5. The highest BCUT2D eigenvalue weighted by Gasteiger charge is 2.19. The van der Waals surface area contributed by atoms with Crippen LogP contribution in [0.25, 0.3) is 0 Å². The van der Waals surface area contributed by atoms with E-state index in [0.717, 1.165) is 51.5 Å². The van der Waals surface area contributed by atoms with E-state index in [1.54, 1.807) is 13.0 Å². The molecule has 2 heterocycles. The molecule has 0 atom stereocenters. The van der Waals surface area contributed by atoms with Crippen molar-refractivity contribution in [3.8, 4) is 5.75 Å². The molecule has 28 heavy (non-hydrogen) atoms. The van der Waals surface area contributed by atoms with Gasteiger partial charge in [0.1, 0.15) is 11.5 Å². The van der Waals surface area contributed by atoms with E-state index in [0.29, 0.717) is 18.1 Å². The number of amides is 1. The number of aryl methyl sites for hydroxylation is 3. The number of anilines is 1. The molecule has 1 N–H and O–H groups in total. The normalized spacial score (nSPS) is 15.5. The van der Waals surface area contributed by atoms with Crippen LogP contribution in [0.5, 0.6) is 5.75 Å². The quantitative estimate of drug-likeness (QED) is 0.704. The fourth-order valence-corrected chi connectivity index (χ4v) is 3.26. The number of hydrogen-bond donors (Lipinski definition) is 1. The Kier molecular flexibility index (Phi) is 7.06. The number of benzene rings is 1. The summed E-state index contributed by atoms with van der Waals surface area (Å²) in [5, 5.41) is 6.56. The van der Waals surface area contributed by atoms with Crippen molar-refractivity contribution in [3.63, 3.8) is 0 Å². The summed E-state index contributed by atoms with van der Waals surface area (Å²) in [5.74, 6) is 2.06. The Bertz CT molecular complexity index is 782. The highest BCUT2D eigenvalue weighted by molar-refractivity contribution is 5.91. The van der Waals surface area contributed by atoms with Gasteiger partial charge in [-0.15, -0.1) is 0 Å². The van der Waals surface area contributed by atoms with Gasteiger partial charge in [-0.1, -0.05) is 11.2 Å². The predicted octanol–water partition coefficient (Wildman–Crippen LogP) is 2.63. The zero-order valence-corrected chi connectivity index (χ0v) is 17.0. The van der Waals surface area contributed by atoms with Crippen LogP contribution in [-0.2, 0) is 4.79 Å². The minimum Gasteiger partial charge on any atom is -0.494 e. The molecule has 0 unspecified atom stereocenters. The minimum absolute atomic E-state index is 0.0523. The van der Waals surface area contributed by atoms with Crippen LogP contribution >= 0.6 is 0 Å². The first-order valence-electron chi connectivity index (χ1n) is 9.87. The van der Waals surface area contributed by atoms with Crippen molar-refractivity contribution in [2.45, 2.75) is 27.2 Å². The molecule has 1 aromatic heterocycles. The van der Waals surface area contributed by atoms with Crippen molar-refractivity contribution in [2.75, 3.05) is 51.2 Å². The standard InChI is InChI=1S/C21H30N4O3/c1-16-5-6-19(13-17(16)2)27-12-4-7-24-8-10-25(11-9-24)15-21(26)22-20-14-18(3)28-23-20/h5-6,13-14H,4,7-12,15H2,1-3H3,(H,22,23,26). The minimum atomic E-state index is -0.0523. The Morgan fingerprint density at radius 2 is 1.86 bits per heavy atom. The Labute approximate surface area is 166 Å². The molecule has 1 aliphatic rings. The SMILES string of the molecule is Cc1cc(NC(=O)CN2CCN(CCCOc3ccc(C)c(C)c3)CC2)no1. The number of nitrogens with one attached hydrogen (secondary N) is 1. The number of aromatic nitrogens is 1. The monoisotopic (exact) mass is 386 g/mol. The third-order valence-electron chi connectivity index (χ3n) is 5.09. The summed E-state index contributed by atoms with van der Waals surface area (Å²) >= 11 is 0. The molecule has 1 aromatic carbocycles. The molecule has 2 aromatic rings. The van der Waals surface area contributed by atoms with Gasteiger partial charge in [0.05, 0.1) is 13.2 Å². The number of piperazine rings is 1. The maximum Gasteiger partial charge on any atom is 0.239 e. The van der Waals surface area contributed by atoms with E-state index in [2.05, 4.69) is 46.3 Å². The number of ether oxygens (including phenoxy) is 1. The molecule has 1 aliphatic heterocycles. The molecular weight excluding hydrogens is 356 g/mol. The Hall–Kier alpha value is -2.38. The fraction of sp³-hybridized carbons (Fsp3) is 0.524. The molecule has 0 saturated carbocycles. The molecule has 152 valence electrons. The Balaban J connectivity index is 1.29. The number of hydrogen-bond acceptors (Lipinski definition) is 6. The number of rotatable bonds is 8. The molecule has 1 fully saturated rings. The van der Waals surface area contributed by atoms with Crippen LogP contribution < -0.4 is 10.1 Å². The Morgan fingerprint density at radius 3 is 2.54 bits per heavy atom. The van der Waals surface area contributed by atoms with E-state index in [9.17, 15) is 4.79 Å². The van der Waals surface area contributed by atoms with Crippen molar-refractivity contribution >= 4 is 11.7 Å². The second-order valence-corrected chi connectivity index (χ2v) is 7.44. The lowest BCUT2D eigenvalue weighted by molar-refractivity contribution is -0.117. The van der Waals surface area contributed by atoms with Crippen LogP contribution in [0.1, 0.15) is 23.3 Å². The topological polar surface area (TPSA) is 70.8 Å². The zero-order valence-electron chi connectivity index (χ0n) is 17.0. The third-order valence-corrected chi connectivity index (χ3v) is 5.09. The summed E-state index contributed by atoms with van der Waals surface area (Å²) in [5.41, 5.74) is 2.55. The molecular formula is C21H30N4O3. The van der Waals surface area contributed by atoms with Gasteiger partial charge in [-0.25, -0.2) is 0 Å². The first-order valence-corrected chi connectivity index (χ1v) is 9.87. The van der Waals surface area contributed by atoms with Crippen molar-refractivity contribution in [3.05, 3.63) is 41.2 Å². The van der Waals surface area contributed by atoms with Gasteiger partial charge in [0.25, 0.3) is 0 Å². The Morgan fingerprint density at radius 1 is 1.11 bits per heavy atom. The van der Waals surface area contributed by atoms with Gasteiger partial charge in [-0.2, -0.15) is 0 Å². The van der Waals surface area contributed by atoms with E-state index in [4.69, 9.17) is 9.26 Å². The van der Waals surface area contributed by atoms with Gasteiger partial charge in [0.2, 0.25) is 5.91 Å². The van der Waals surface area contributed by atoms with Gasteiger partial charge in [0, 0.05) is 38.8 Å². The maximum atomic E-state index is 12.1. The van der Waals surface area contributed by atoms with Crippen molar-refractivity contribution in [1.82, 2.24) is 15.0 Å². The highest BCUT2D eigenvalue weighted by atomic mass is 16.5. The van der Waals surface area contributed by atoms with Gasteiger partial charge >= 0.3 is 0 Å². The van der Waals surface area contributed by atoms with Crippen LogP contribution in [0, 0.1) is 20.8 Å². The van der Waals surface area contributed by atoms with E-state index < -0.39 is 0 Å². The lowest BCUT2D eigenvalue weighted by Crippen LogP contribution is -2.48. The van der Waals surface area contributed by atoms with E-state index >= 15 is 0 Å². The van der Waals surface area contributed by atoms with Crippen LogP contribution in [-0.4, -0.2) is 66.7 Å². The molecule has 7 nitrogen and oxygen atoms in total. The van der Waals surface area contributed by atoms with Gasteiger partial charge in [0.15, 0.2) is 5.82 Å². The zero-order chi connectivity index (χ0) is 19.9. The van der Waals surface area contributed by atoms with E-state index in [1.807, 2.05) is 6.07 Å². The smallest absolute Gasteiger partial charge is 0.239 e. The summed E-state index contributed by atoms with van der Waals surface area (Å²) < 4.78 is 10.8. The van der Waals surface area contributed by atoms with Crippen molar-refractivity contribution in [2.24, 2.45) is 0 Å². The number of carbonyl (C=O) groups excluding carboxylic acids is 1. The molecule has 0 spiro atoms. The second-order valence-electron chi connectivity index (χ2n) is 7.44. The van der Waals surface area contributed by atoms with Crippen molar-refractivity contribution < 1.29 is 14.1 Å². The van der Waals surface area contributed by atoms with Gasteiger partial charge in [-0.05, 0) is 50.5 Å². The predicted molar refractivity (Wildman–Crippen MR) is 109 cm³/mol. The summed E-state index contributed by atoms with van der Waals surface area (Å²) in [6.45, 7) is 11.9. The van der Waals surface area contributed by atoms with Crippen LogP contribution in [0.2, 0.25) is 0 Å². The van der Waals surface area contributed by atoms with Crippen LogP contribution in [0.3, 0.4) is 0 Å². The molecule has 1 amide bonds. The lowest BCUT2D eigenvalue weighted by atomic mass is 10.1. The fourth-order valence-electron chi connectivity index (χ4n) is 3.26. The maximum absolute atomic E-state index is 12.1. The second kappa shape index (κ2) is 9.71. The largest absolute Gasteiger partial charge is 0.494 e. The summed E-state index contributed by atoms with van der Waals surface area (Å²) in [6.07, 6.45) is 0.999. The summed E-state index contributed by atoms with van der Waals surface area (Å²) in [4.78, 5) is 16.7. The lowest BCUT2D eigenvalue weighted by Gasteiger charge is -2.34. The number of carbonyl (C=O) groups is 1. The molecule has 0 radical (unpaired) electrons. The molecule has 3 rings (SSSR count). The molecule has 7 heteroatoms. The third kappa shape index (κ3) is 6.07. The molecule has 1 saturated heterocycles. The molecule has 0 aliphatic carbocycles. The van der Waals surface area contributed by atoms with Gasteiger partial charge in [-0.3, -0.25) is 9.69 Å². The number of nitrogens with zero attached hydrogens (tertiary/aromatic N) is 3.